The number of carbonyl (C=O) groups excluding carboxylic acids is 2. The zero-order chi connectivity index (χ0) is 17.4. The standard InChI is InChI=1S/C18H19ClN2O3/c1-13(24-16-9-7-15(19)8-10-16)17(22)20-11-12-21-18(23)14-5-3-2-4-6-14/h2-10,13H,11-12H2,1H3,(H,20,22)(H,21,23). The first-order valence-electron chi connectivity index (χ1n) is 7.59. The Labute approximate surface area is 146 Å². The van der Waals surface area contributed by atoms with E-state index in [1.807, 2.05) is 6.07 Å². The number of rotatable bonds is 7. The number of hydrogen-bond acceptors (Lipinski definition) is 3. The highest BCUT2D eigenvalue weighted by Gasteiger charge is 2.14. The van der Waals surface area contributed by atoms with Crippen molar-refractivity contribution in [1.82, 2.24) is 10.6 Å². The molecule has 2 aromatic carbocycles. The number of carbonyl (C=O) groups is 2. The van der Waals surface area contributed by atoms with Crippen molar-refractivity contribution in [2.45, 2.75) is 13.0 Å². The average molecular weight is 347 g/mol. The predicted molar refractivity (Wildman–Crippen MR) is 93.3 cm³/mol. The van der Waals surface area contributed by atoms with Gasteiger partial charge in [-0.05, 0) is 43.3 Å². The zero-order valence-electron chi connectivity index (χ0n) is 13.3. The van der Waals surface area contributed by atoms with Gasteiger partial charge in [0.05, 0.1) is 0 Å². The van der Waals surface area contributed by atoms with Crippen LogP contribution in [0, 0.1) is 0 Å². The van der Waals surface area contributed by atoms with E-state index >= 15 is 0 Å². The molecule has 0 bridgehead atoms. The molecule has 2 aromatic rings. The number of halogens is 1. The molecule has 0 heterocycles. The molecule has 0 saturated carbocycles. The van der Waals surface area contributed by atoms with Gasteiger partial charge < -0.3 is 15.4 Å². The van der Waals surface area contributed by atoms with Crippen LogP contribution in [0.2, 0.25) is 5.02 Å². The van der Waals surface area contributed by atoms with E-state index in [1.54, 1.807) is 55.5 Å². The highest BCUT2D eigenvalue weighted by atomic mass is 35.5. The highest BCUT2D eigenvalue weighted by Crippen LogP contribution is 2.16. The minimum atomic E-state index is -0.643. The van der Waals surface area contributed by atoms with Gasteiger partial charge >= 0.3 is 0 Å². The Morgan fingerprint density at radius 1 is 1.00 bits per heavy atom. The van der Waals surface area contributed by atoms with Crippen molar-refractivity contribution < 1.29 is 14.3 Å². The van der Waals surface area contributed by atoms with E-state index in [1.165, 1.54) is 0 Å². The van der Waals surface area contributed by atoms with E-state index in [0.717, 1.165) is 0 Å². The normalized spacial score (nSPS) is 11.4. The molecule has 0 aliphatic heterocycles. The van der Waals surface area contributed by atoms with Gasteiger partial charge in [-0.2, -0.15) is 0 Å². The number of amides is 2. The van der Waals surface area contributed by atoms with Crippen molar-refractivity contribution in [3.05, 3.63) is 65.2 Å². The first kappa shape index (κ1) is 17.8. The fraction of sp³-hybridized carbons (Fsp3) is 0.222. The molecule has 0 spiro atoms. The van der Waals surface area contributed by atoms with Crippen LogP contribution in [0.4, 0.5) is 0 Å². The molecule has 0 saturated heterocycles. The summed E-state index contributed by atoms with van der Waals surface area (Å²) in [5.74, 6) is 0.147. The molecule has 1 atom stereocenters. The second-order valence-electron chi connectivity index (χ2n) is 5.13. The molecule has 0 aliphatic rings. The lowest BCUT2D eigenvalue weighted by atomic mass is 10.2. The molecule has 0 aromatic heterocycles. The molecule has 24 heavy (non-hydrogen) atoms. The molecule has 126 valence electrons. The van der Waals surface area contributed by atoms with Gasteiger partial charge in [0.1, 0.15) is 5.75 Å². The molecule has 2 N–H and O–H groups in total. The lowest BCUT2D eigenvalue weighted by molar-refractivity contribution is -0.127. The highest BCUT2D eigenvalue weighted by molar-refractivity contribution is 6.30. The fourth-order valence-electron chi connectivity index (χ4n) is 1.97. The molecule has 6 heteroatoms. The average Bonchev–Trinajstić information content (AvgIpc) is 2.61. The largest absolute Gasteiger partial charge is 0.481 e. The number of benzene rings is 2. The molecule has 0 aliphatic carbocycles. The number of hydrogen-bond donors (Lipinski definition) is 2. The van der Waals surface area contributed by atoms with E-state index in [-0.39, 0.29) is 11.8 Å². The van der Waals surface area contributed by atoms with Gasteiger partial charge in [0.15, 0.2) is 6.10 Å². The zero-order valence-corrected chi connectivity index (χ0v) is 14.0. The first-order valence-corrected chi connectivity index (χ1v) is 7.97. The van der Waals surface area contributed by atoms with Gasteiger partial charge in [-0.15, -0.1) is 0 Å². The summed E-state index contributed by atoms with van der Waals surface area (Å²) in [6, 6.07) is 15.7. The summed E-state index contributed by atoms with van der Waals surface area (Å²) in [5.41, 5.74) is 0.586. The predicted octanol–water partition coefficient (Wildman–Crippen LogP) is 2.65. The van der Waals surface area contributed by atoms with Gasteiger partial charge in [-0.3, -0.25) is 9.59 Å². The maximum absolute atomic E-state index is 12.0. The minimum Gasteiger partial charge on any atom is -0.481 e. The summed E-state index contributed by atoms with van der Waals surface area (Å²) < 4.78 is 5.52. The lowest BCUT2D eigenvalue weighted by Gasteiger charge is -2.15. The maximum Gasteiger partial charge on any atom is 0.260 e. The van der Waals surface area contributed by atoms with E-state index in [4.69, 9.17) is 16.3 Å². The monoisotopic (exact) mass is 346 g/mol. The molecule has 0 radical (unpaired) electrons. The van der Waals surface area contributed by atoms with Crippen LogP contribution in [0.5, 0.6) is 5.75 Å². The summed E-state index contributed by atoms with van der Waals surface area (Å²) in [5, 5.41) is 6.06. The van der Waals surface area contributed by atoms with Gasteiger partial charge in [0, 0.05) is 23.7 Å². The molecule has 0 fully saturated rings. The third kappa shape index (κ3) is 5.59. The van der Waals surface area contributed by atoms with Crippen molar-refractivity contribution in [3.63, 3.8) is 0 Å². The third-order valence-electron chi connectivity index (χ3n) is 3.24. The Morgan fingerprint density at radius 3 is 2.29 bits per heavy atom. The van der Waals surface area contributed by atoms with Gasteiger partial charge in [0.25, 0.3) is 11.8 Å². The number of ether oxygens (including phenoxy) is 1. The van der Waals surface area contributed by atoms with Crippen molar-refractivity contribution >= 4 is 23.4 Å². The van der Waals surface area contributed by atoms with Crippen molar-refractivity contribution in [1.29, 1.82) is 0 Å². The summed E-state index contributed by atoms with van der Waals surface area (Å²) >= 11 is 5.80. The topological polar surface area (TPSA) is 67.4 Å². The van der Waals surface area contributed by atoms with Crippen LogP contribution in [-0.4, -0.2) is 31.0 Å². The smallest absolute Gasteiger partial charge is 0.260 e. The Bertz CT molecular complexity index is 674. The van der Waals surface area contributed by atoms with Gasteiger partial charge in [0.2, 0.25) is 0 Å². The van der Waals surface area contributed by atoms with E-state index in [9.17, 15) is 9.59 Å². The molecular weight excluding hydrogens is 328 g/mol. The summed E-state index contributed by atoms with van der Waals surface area (Å²) in [6.45, 7) is 2.32. The maximum atomic E-state index is 12.0. The van der Waals surface area contributed by atoms with Crippen LogP contribution in [0.1, 0.15) is 17.3 Å². The van der Waals surface area contributed by atoms with E-state index < -0.39 is 6.10 Å². The fourth-order valence-corrected chi connectivity index (χ4v) is 2.09. The molecule has 5 nitrogen and oxygen atoms in total. The molecule has 2 rings (SSSR count). The Balaban J connectivity index is 1.69. The number of nitrogens with one attached hydrogen (secondary N) is 2. The quantitative estimate of drug-likeness (QED) is 0.757. The van der Waals surface area contributed by atoms with Crippen LogP contribution in [0.15, 0.2) is 54.6 Å². The van der Waals surface area contributed by atoms with Crippen LogP contribution >= 0.6 is 11.6 Å². The SMILES string of the molecule is CC(Oc1ccc(Cl)cc1)C(=O)NCCNC(=O)c1ccccc1. The van der Waals surface area contributed by atoms with Crippen LogP contribution in [-0.2, 0) is 4.79 Å². The van der Waals surface area contributed by atoms with Gasteiger partial charge in [-0.1, -0.05) is 29.8 Å². The Morgan fingerprint density at radius 2 is 1.62 bits per heavy atom. The van der Waals surface area contributed by atoms with Gasteiger partial charge in [-0.25, -0.2) is 0 Å². The van der Waals surface area contributed by atoms with Crippen molar-refractivity contribution in [2.24, 2.45) is 0 Å². The molecule has 1 unspecified atom stereocenters. The summed E-state index contributed by atoms with van der Waals surface area (Å²) in [4.78, 5) is 23.8. The van der Waals surface area contributed by atoms with Crippen molar-refractivity contribution in [2.75, 3.05) is 13.1 Å². The van der Waals surface area contributed by atoms with Crippen molar-refractivity contribution in [3.8, 4) is 5.75 Å². The summed E-state index contributed by atoms with van der Waals surface area (Å²) in [7, 11) is 0. The first-order chi connectivity index (χ1) is 11.6. The third-order valence-corrected chi connectivity index (χ3v) is 3.49. The Hall–Kier alpha value is -2.53. The second-order valence-corrected chi connectivity index (χ2v) is 5.56. The van der Waals surface area contributed by atoms with Crippen LogP contribution in [0.25, 0.3) is 0 Å². The lowest BCUT2D eigenvalue weighted by Crippen LogP contribution is -2.40. The molecule has 2 amide bonds. The Kier molecular flexibility index (Phi) is 6.63. The molecular formula is C18H19ClN2O3. The van der Waals surface area contributed by atoms with Crippen LogP contribution < -0.4 is 15.4 Å². The minimum absolute atomic E-state index is 0.171. The van der Waals surface area contributed by atoms with E-state index in [0.29, 0.717) is 29.4 Å². The second kappa shape index (κ2) is 8.93. The summed E-state index contributed by atoms with van der Waals surface area (Å²) in [6.07, 6.45) is -0.643. The van der Waals surface area contributed by atoms with Crippen LogP contribution in [0.3, 0.4) is 0 Å². The van der Waals surface area contributed by atoms with E-state index in [2.05, 4.69) is 10.6 Å².